The Labute approximate surface area is 219 Å². The van der Waals surface area contributed by atoms with Crippen molar-refractivity contribution in [3.8, 4) is 5.69 Å². The van der Waals surface area contributed by atoms with Gasteiger partial charge in [-0.25, -0.2) is 4.98 Å². The molecule has 1 aromatic heterocycles. The second-order valence-electron chi connectivity index (χ2n) is 9.89. The molecule has 0 spiro atoms. The van der Waals surface area contributed by atoms with Gasteiger partial charge in [0.15, 0.2) is 0 Å². The average molecular weight is 496 g/mol. The summed E-state index contributed by atoms with van der Waals surface area (Å²) in [7, 11) is 0. The second-order valence-corrected chi connectivity index (χ2v) is 9.89. The van der Waals surface area contributed by atoms with Gasteiger partial charge in [-0.1, -0.05) is 62.6 Å². The molecule has 1 heterocycles. The molecule has 0 saturated carbocycles. The lowest BCUT2D eigenvalue weighted by molar-refractivity contribution is 0.0655. The highest BCUT2D eigenvalue weighted by Gasteiger charge is 2.29. The Morgan fingerprint density at radius 3 is 2.32 bits per heavy atom. The quantitative estimate of drug-likeness (QED) is 0.233. The van der Waals surface area contributed by atoms with Crippen LogP contribution >= 0.6 is 0 Å². The van der Waals surface area contributed by atoms with Crippen molar-refractivity contribution < 1.29 is 4.79 Å². The number of carbonyl (C=O) groups excluding carboxylic acids is 1. The van der Waals surface area contributed by atoms with Crippen LogP contribution in [-0.2, 0) is 0 Å². The van der Waals surface area contributed by atoms with Crippen LogP contribution < -0.4 is 5.56 Å². The third-order valence-electron chi connectivity index (χ3n) is 7.17. The molecular formula is C32H37N3O2. The van der Waals surface area contributed by atoms with Crippen LogP contribution in [0, 0.1) is 20.8 Å². The van der Waals surface area contributed by atoms with E-state index >= 15 is 0 Å². The van der Waals surface area contributed by atoms with Crippen molar-refractivity contribution in [1.82, 2.24) is 14.5 Å². The molecule has 4 rings (SSSR count). The summed E-state index contributed by atoms with van der Waals surface area (Å²) in [5.74, 6) is 0.573. The monoisotopic (exact) mass is 495 g/mol. The van der Waals surface area contributed by atoms with Crippen molar-refractivity contribution in [2.45, 2.75) is 66.3 Å². The van der Waals surface area contributed by atoms with Gasteiger partial charge in [-0.15, -0.1) is 0 Å². The Morgan fingerprint density at radius 1 is 0.919 bits per heavy atom. The molecule has 5 heteroatoms. The molecule has 0 N–H and O–H groups in total. The van der Waals surface area contributed by atoms with Gasteiger partial charge < -0.3 is 4.90 Å². The van der Waals surface area contributed by atoms with Crippen molar-refractivity contribution in [2.24, 2.45) is 0 Å². The minimum Gasteiger partial charge on any atom is -0.328 e. The highest BCUT2D eigenvalue weighted by molar-refractivity contribution is 5.94. The number of amides is 1. The Balaban J connectivity index is 1.93. The number of nitrogens with zero attached hydrogens (tertiary/aromatic N) is 3. The van der Waals surface area contributed by atoms with Gasteiger partial charge in [-0.2, -0.15) is 0 Å². The maximum absolute atomic E-state index is 13.9. The molecule has 0 radical (unpaired) electrons. The SMILES string of the molecule is CCCCCN(C(=O)c1ccc(C)cc1)C(CC)c1nc2ccccc2c(=O)n1-c1ccc(C)c(C)c1. The number of unbranched alkanes of at least 4 members (excludes halogenated alkanes) is 2. The van der Waals surface area contributed by atoms with Crippen molar-refractivity contribution >= 4 is 16.8 Å². The van der Waals surface area contributed by atoms with E-state index in [1.54, 1.807) is 4.57 Å². The van der Waals surface area contributed by atoms with Crippen molar-refractivity contribution in [3.05, 3.63) is 105 Å². The number of hydrogen-bond donors (Lipinski definition) is 0. The highest BCUT2D eigenvalue weighted by Crippen LogP contribution is 2.28. The van der Waals surface area contributed by atoms with Crippen LogP contribution in [0.3, 0.4) is 0 Å². The minimum atomic E-state index is -0.357. The van der Waals surface area contributed by atoms with E-state index in [0.29, 0.717) is 35.3 Å². The molecule has 5 nitrogen and oxygen atoms in total. The molecular weight excluding hydrogens is 458 g/mol. The number of hydrogen-bond acceptors (Lipinski definition) is 3. The smallest absolute Gasteiger partial charge is 0.266 e. The lowest BCUT2D eigenvalue weighted by Crippen LogP contribution is -2.39. The van der Waals surface area contributed by atoms with Gasteiger partial charge in [0.25, 0.3) is 11.5 Å². The van der Waals surface area contributed by atoms with Gasteiger partial charge in [0.05, 0.1) is 22.6 Å². The molecule has 4 aromatic rings. The molecule has 0 bridgehead atoms. The van der Waals surface area contributed by atoms with Gasteiger partial charge in [0, 0.05) is 12.1 Å². The van der Waals surface area contributed by atoms with Gasteiger partial charge >= 0.3 is 0 Å². The Morgan fingerprint density at radius 2 is 1.65 bits per heavy atom. The molecule has 0 aliphatic rings. The summed E-state index contributed by atoms with van der Waals surface area (Å²) in [6.07, 6.45) is 3.62. The first kappa shape index (κ1) is 26.3. The van der Waals surface area contributed by atoms with Gasteiger partial charge in [-0.05, 0) is 81.1 Å². The van der Waals surface area contributed by atoms with Crippen LogP contribution in [0.2, 0.25) is 0 Å². The van der Waals surface area contributed by atoms with Crippen LogP contribution in [-0.4, -0.2) is 26.9 Å². The van der Waals surface area contributed by atoms with E-state index < -0.39 is 0 Å². The van der Waals surface area contributed by atoms with Crippen LogP contribution in [0.1, 0.15) is 78.4 Å². The first-order valence-electron chi connectivity index (χ1n) is 13.3. The van der Waals surface area contributed by atoms with Crippen LogP contribution in [0.15, 0.2) is 71.5 Å². The molecule has 3 aromatic carbocycles. The fourth-order valence-corrected chi connectivity index (χ4v) is 4.82. The Bertz CT molecular complexity index is 1450. The number of aromatic nitrogens is 2. The molecule has 192 valence electrons. The normalized spacial score (nSPS) is 12.0. The van der Waals surface area contributed by atoms with Crippen molar-refractivity contribution in [3.63, 3.8) is 0 Å². The number of benzene rings is 3. The Hall–Kier alpha value is -3.73. The second kappa shape index (κ2) is 11.5. The zero-order chi connectivity index (χ0) is 26.5. The summed E-state index contributed by atoms with van der Waals surface area (Å²) >= 11 is 0. The van der Waals surface area contributed by atoms with E-state index in [1.165, 1.54) is 0 Å². The summed E-state index contributed by atoms with van der Waals surface area (Å²) in [6, 6.07) is 20.9. The van der Waals surface area contributed by atoms with E-state index in [1.807, 2.05) is 85.5 Å². The van der Waals surface area contributed by atoms with E-state index in [2.05, 4.69) is 20.8 Å². The predicted molar refractivity (Wildman–Crippen MR) is 152 cm³/mol. The zero-order valence-electron chi connectivity index (χ0n) is 22.6. The average Bonchev–Trinajstić information content (AvgIpc) is 2.90. The topological polar surface area (TPSA) is 55.2 Å². The van der Waals surface area contributed by atoms with Crippen molar-refractivity contribution in [1.29, 1.82) is 0 Å². The first-order chi connectivity index (χ1) is 17.8. The predicted octanol–water partition coefficient (Wildman–Crippen LogP) is 7.09. The summed E-state index contributed by atoms with van der Waals surface area (Å²) in [4.78, 5) is 34.8. The number of para-hydroxylation sites is 1. The van der Waals surface area contributed by atoms with Crippen LogP contribution in [0.25, 0.3) is 16.6 Å². The number of rotatable bonds is 9. The van der Waals surface area contributed by atoms with E-state index in [0.717, 1.165) is 41.6 Å². The van der Waals surface area contributed by atoms with Gasteiger partial charge in [-0.3, -0.25) is 14.2 Å². The minimum absolute atomic E-state index is 0.0306. The number of aryl methyl sites for hydroxylation is 3. The maximum Gasteiger partial charge on any atom is 0.266 e. The summed E-state index contributed by atoms with van der Waals surface area (Å²) in [5.41, 5.74) is 5.34. The Kier molecular flexibility index (Phi) is 8.22. The number of fused-ring (bicyclic) bond motifs is 1. The largest absolute Gasteiger partial charge is 0.328 e. The molecule has 1 unspecified atom stereocenters. The molecule has 37 heavy (non-hydrogen) atoms. The fraction of sp³-hybridized carbons (Fsp3) is 0.344. The number of carbonyl (C=O) groups is 1. The zero-order valence-corrected chi connectivity index (χ0v) is 22.6. The highest BCUT2D eigenvalue weighted by atomic mass is 16.2. The molecule has 0 aliphatic heterocycles. The van der Waals surface area contributed by atoms with E-state index in [9.17, 15) is 9.59 Å². The lowest BCUT2D eigenvalue weighted by Gasteiger charge is -2.32. The standard InChI is InChI=1S/C32H37N3O2/c1-6-8-11-20-34(31(36)25-17-14-22(3)15-18-25)29(7-2)30-33-28-13-10-9-12-27(28)32(37)35(30)26-19-16-23(4)24(5)21-26/h9-10,12-19,21,29H,6-8,11,20H2,1-5H3. The molecule has 0 aliphatic carbocycles. The van der Waals surface area contributed by atoms with Gasteiger partial charge in [0.2, 0.25) is 0 Å². The van der Waals surface area contributed by atoms with Gasteiger partial charge in [0.1, 0.15) is 5.82 Å². The summed E-state index contributed by atoms with van der Waals surface area (Å²) in [6.45, 7) is 11.0. The molecule has 0 saturated heterocycles. The first-order valence-corrected chi connectivity index (χ1v) is 13.3. The third kappa shape index (κ3) is 5.51. The maximum atomic E-state index is 13.9. The summed E-state index contributed by atoms with van der Waals surface area (Å²) in [5, 5.41) is 0.571. The van der Waals surface area contributed by atoms with Crippen LogP contribution in [0.5, 0.6) is 0 Å². The van der Waals surface area contributed by atoms with Crippen molar-refractivity contribution in [2.75, 3.05) is 6.54 Å². The fourth-order valence-electron chi connectivity index (χ4n) is 4.82. The van der Waals surface area contributed by atoms with E-state index in [-0.39, 0.29) is 17.5 Å². The summed E-state index contributed by atoms with van der Waals surface area (Å²) < 4.78 is 1.72. The van der Waals surface area contributed by atoms with Crippen LogP contribution in [0.4, 0.5) is 0 Å². The third-order valence-corrected chi connectivity index (χ3v) is 7.17. The van der Waals surface area contributed by atoms with E-state index in [4.69, 9.17) is 4.98 Å². The lowest BCUT2D eigenvalue weighted by atomic mass is 10.1. The molecule has 1 amide bonds. The molecule has 0 fully saturated rings. The molecule has 1 atom stereocenters.